The molecule has 1 aliphatic rings. The Hall–Kier alpha value is -2.25. The van der Waals surface area contributed by atoms with Gasteiger partial charge in [0.15, 0.2) is 0 Å². The lowest BCUT2D eigenvalue weighted by Crippen LogP contribution is -2.33. The Morgan fingerprint density at radius 1 is 1.29 bits per heavy atom. The van der Waals surface area contributed by atoms with Crippen LogP contribution in [0.1, 0.15) is 34.8 Å². The fourth-order valence-electron chi connectivity index (χ4n) is 3.03. The molecule has 2 amide bonds. The van der Waals surface area contributed by atoms with E-state index in [1.54, 1.807) is 23.6 Å². The molecule has 2 aromatic rings. The van der Waals surface area contributed by atoms with Crippen molar-refractivity contribution in [3.63, 3.8) is 0 Å². The summed E-state index contributed by atoms with van der Waals surface area (Å²) in [6, 6.07) is 8.12. The maximum atomic E-state index is 13.1. The Bertz CT molecular complexity index is 745. The molecule has 3 rings (SSSR count). The predicted molar refractivity (Wildman–Crippen MR) is 91.4 cm³/mol. The molecule has 2 heterocycles. The average molecular weight is 347 g/mol. The van der Waals surface area contributed by atoms with Gasteiger partial charge in [0.25, 0.3) is 5.91 Å². The van der Waals surface area contributed by atoms with Gasteiger partial charge in [-0.1, -0.05) is 12.1 Å². The predicted octanol–water partition coefficient (Wildman–Crippen LogP) is 2.76. The molecule has 1 atom stereocenters. The van der Waals surface area contributed by atoms with Crippen LogP contribution in [0.15, 0.2) is 35.7 Å². The topological polar surface area (TPSA) is 75.4 Å². The number of anilines is 1. The van der Waals surface area contributed by atoms with Gasteiger partial charge in [-0.25, -0.2) is 4.39 Å². The molecule has 1 aromatic carbocycles. The zero-order valence-corrected chi connectivity index (χ0v) is 13.8. The second-order valence-electron chi connectivity index (χ2n) is 5.76. The van der Waals surface area contributed by atoms with Crippen LogP contribution >= 0.6 is 11.3 Å². The SMILES string of the molecule is NC(=O)c1ccsc1NC(=O)CN1CCC[C@H]1c1ccc(F)cc1. The first-order chi connectivity index (χ1) is 11.5. The molecule has 0 aliphatic carbocycles. The third kappa shape index (κ3) is 3.63. The fraction of sp³-hybridized carbons (Fsp3) is 0.294. The molecule has 5 nitrogen and oxygen atoms in total. The quantitative estimate of drug-likeness (QED) is 0.873. The molecule has 24 heavy (non-hydrogen) atoms. The van der Waals surface area contributed by atoms with Gasteiger partial charge < -0.3 is 11.1 Å². The van der Waals surface area contributed by atoms with Crippen molar-refractivity contribution in [2.45, 2.75) is 18.9 Å². The summed E-state index contributed by atoms with van der Waals surface area (Å²) in [7, 11) is 0. The monoisotopic (exact) mass is 347 g/mol. The molecule has 0 saturated carbocycles. The minimum absolute atomic E-state index is 0.107. The molecule has 0 radical (unpaired) electrons. The van der Waals surface area contributed by atoms with Crippen molar-refractivity contribution in [2.24, 2.45) is 5.73 Å². The van der Waals surface area contributed by atoms with Crippen LogP contribution in [0.4, 0.5) is 9.39 Å². The van der Waals surface area contributed by atoms with Crippen LogP contribution in [0.5, 0.6) is 0 Å². The van der Waals surface area contributed by atoms with Gasteiger partial charge in [-0.15, -0.1) is 11.3 Å². The summed E-state index contributed by atoms with van der Waals surface area (Å²) >= 11 is 1.27. The number of amides is 2. The summed E-state index contributed by atoms with van der Waals surface area (Å²) in [4.78, 5) is 25.7. The van der Waals surface area contributed by atoms with E-state index < -0.39 is 5.91 Å². The van der Waals surface area contributed by atoms with Crippen LogP contribution in [0.25, 0.3) is 0 Å². The lowest BCUT2D eigenvalue weighted by Gasteiger charge is -2.24. The van der Waals surface area contributed by atoms with Crippen LogP contribution in [0, 0.1) is 5.82 Å². The number of hydrogen-bond donors (Lipinski definition) is 2. The van der Waals surface area contributed by atoms with E-state index in [2.05, 4.69) is 10.2 Å². The van der Waals surface area contributed by atoms with Crippen molar-refractivity contribution < 1.29 is 14.0 Å². The molecule has 0 bridgehead atoms. The maximum Gasteiger partial charge on any atom is 0.251 e. The number of likely N-dealkylation sites (tertiary alicyclic amines) is 1. The number of nitrogens with zero attached hydrogens (tertiary/aromatic N) is 1. The summed E-state index contributed by atoms with van der Waals surface area (Å²) < 4.78 is 13.1. The van der Waals surface area contributed by atoms with E-state index in [9.17, 15) is 14.0 Å². The zero-order valence-electron chi connectivity index (χ0n) is 13.0. The first kappa shape index (κ1) is 16.6. The number of nitrogens with one attached hydrogen (secondary N) is 1. The highest BCUT2D eigenvalue weighted by molar-refractivity contribution is 7.14. The number of carbonyl (C=O) groups excluding carboxylic acids is 2. The van der Waals surface area contributed by atoms with E-state index in [1.165, 1.54) is 23.5 Å². The number of primary amides is 1. The Labute approximate surface area is 143 Å². The minimum Gasteiger partial charge on any atom is -0.366 e. The number of thiophene rings is 1. The number of nitrogens with two attached hydrogens (primary N) is 1. The molecule has 7 heteroatoms. The van der Waals surface area contributed by atoms with E-state index in [-0.39, 0.29) is 24.3 Å². The molecule has 0 unspecified atom stereocenters. The highest BCUT2D eigenvalue weighted by Crippen LogP contribution is 2.32. The van der Waals surface area contributed by atoms with Gasteiger partial charge in [0.1, 0.15) is 10.8 Å². The smallest absolute Gasteiger partial charge is 0.251 e. The van der Waals surface area contributed by atoms with Crippen molar-refractivity contribution >= 4 is 28.2 Å². The van der Waals surface area contributed by atoms with Gasteiger partial charge in [-0.3, -0.25) is 14.5 Å². The normalized spacial score (nSPS) is 17.8. The Morgan fingerprint density at radius 3 is 2.75 bits per heavy atom. The van der Waals surface area contributed by atoms with E-state index in [0.29, 0.717) is 10.6 Å². The summed E-state index contributed by atoms with van der Waals surface area (Å²) in [5.74, 6) is -1.01. The minimum atomic E-state index is -0.558. The molecule has 1 fully saturated rings. The second-order valence-corrected chi connectivity index (χ2v) is 6.67. The van der Waals surface area contributed by atoms with Crippen molar-refractivity contribution in [1.29, 1.82) is 0 Å². The van der Waals surface area contributed by atoms with Gasteiger partial charge >= 0.3 is 0 Å². The number of halogens is 1. The summed E-state index contributed by atoms with van der Waals surface area (Å²) in [5.41, 5.74) is 6.62. The maximum absolute atomic E-state index is 13.1. The van der Waals surface area contributed by atoms with Crippen LogP contribution in [0.2, 0.25) is 0 Å². The van der Waals surface area contributed by atoms with Gasteiger partial charge in [0.05, 0.1) is 12.1 Å². The van der Waals surface area contributed by atoms with Gasteiger partial charge in [0.2, 0.25) is 5.91 Å². The van der Waals surface area contributed by atoms with Crippen LogP contribution in [-0.2, 0) is 4.79 Å². The highest BCUT2D eigenvalue weighted by Gasteiger charge is 2.27. The van der Waals surface area contributed by atoms with Gasteiger partial charge in [-0.2, -0.15) is 0 Å². The number of benzene rings is 1. The van der Waals surface area contributed by atoms with E-state index >= 15 is 0 Å². The fourth-order valence-corrected chi connectivity index (χ4v) is 3.84. The summed E-state index contributed by atoms with van der Waals surface area (Å²) in [5, 5.41) is 4.95. The van der Waals surface area contributed by atoms with E-state index in [4.69, 9.17) is 5.73 Å². The van der Waals surface area contributed by atoms with E-state index in [0.717, 1.165) is 24.9 Å². The lowest BCUT2D eigenvalue weighted by atomic mass is 10.0. The zero-order chi connectivity index (χ0) is 17.1. The first-order valence-corrected chi connectivity index (χ1v) is 8.59. The number of carbonyl (C=O) groups is 2. The summed E-state index contributed by atoms with van der Waals surface area (Å²) in [6.07, 6.45) is 1.92. The third-order valence-electron chi connectivity index (χ3n) is 4.15. The molecule has 126 valence electrons. The summed E-state index contributed by atoms with van der Waals surface area (Å²) in [6.45, 7) is 1.03. The second kappa shape index (κ2) is 7.11. The van der Waals surface area contributed by atoms with Gasteiger partial charge in [-0.05, 0) is 48.5 Å². The molecule has 1 aromatic heterocycles. The Balaban J connectivity index is 1.66. The number of hydrogen-bond acceptors (Lipinski definition) is 4. The molecule has 1 saturated heterocycles. The highest BCUT2D eigenvalue weighted by atomic mass is 32.1. The lowest BCUT2D eigenvalue weighted by molar-refractivity contribution is -0.117. The molecular weight excluding hydrogens is 329 g/mol. The molecule has 0 spiro atoms. The van der Waals surface area contributed by atoms with Crippen LogP contribution in [0.3, 0.4) is 0 Å². The van der Waals surface area contributed by atoms with Crippen molar-refractivity contribution in [2.75, 3.05) is 18.4 Å². The van der Waals surface area contributed by atoms with E-state index in [1.807, 2.05) is 0 Å². The van der Waals surface area contributed by atoms with Crippen LogP contribution in [-0.4, -0.2) is 29.8 Å². The first-order valence-electron chi connectivity index (χ1n) is 7.71. The third-order valence-corrected chi connectivity index (χ3v) is 4.98. The Morgan fingerprint density at radius 2 is 2.04 bits per heavy atom. The van der Waals surface area contributed by atoms with Crippen molar-refractivity contribution in [1.82, 2.24) is 4.90 Å². The largest absolute Gasteiger partial charge is 0.366 e. The molecule has 3 N–H and O–H groups in total. The van der Waals surface area contributed by atoms with Crippen LogP contribution < -0.4 is 11.1 Å². The average Bonchev–Trinajstić information content (AvgIpc) is 3.17. The number of rotatable bonds is 5. The standard InChI is InChI=1S/C17H18FN3O2S/c18-12-5-3-11(4-6-12)14-2-1-8-21(14)10-15(22)20-17-13(16(19)23)7-9-24-17/h3-7,9,14H,1-2,8,10H2,(H2,19,23)(H,20,22)/t14-/m0/s1. The van der Waals surface area contributed by atoms with Crippen molar-refractivity contribution in [3.05, 3.63) is 52.7 Å². The Kier molecular flexibility index (Phi) is 4.92. The molecular formula is C17H18FN3O2S. The van der Waals surface area contributed by atoms with Crippen molar-refractivity contribution in [3.8, 4) is 0 Å². The van der Waals surface area contributed by atoms with Gasteiger partial charge in [0, 0.05) is 6.04 Å². The molecule has 1 aliphatic heterocycles.